The fourth-order valence-corrected chi connectivity index (χ4v) is 3.36. The van der Waals surface area contributed by atoms with E-state index in [1.807, 2.05) is 43.3 Å². The Kier molecular flexibility index (Phi) is 4.87. The number of thioether (sulfide) groups is 1. The van der Waals surface area contributed by atoms with E-state index in [1.165, 1.54) is 6.92 Å². The van der Waals surface area contributed by atoms with E-state index < -0.39 is 12.0 Å². The minimum atomic E-state index is -1.08. The number of hydrogen-bond donors (Lipinski definition) is 1. The summed E-state index contributed by atoms with van der Waals surface area (Å²) in [7, 11) is 3.90. The monoisotopic (exact) mass is 336 g/mol. The molecule has 1 saturated heterocycles. The Morgan fingerprint density at radius 2 is 1.95 bits per heavy atom. The Bertz CT molecular complexity index is 653. The summed E-state index contributed by atoms with van der Waals surface area (Å²) in [6.07, 6.45) is 1.73. The molecule has 0 aliphatic carbocycles. The molecule has 1 aliphatic heterocycles. The average Bonchev–Trinajstić information content (AvgIpc) is 2.73. The maximum Gasteiger partial charge on any atom is 0.326 e. The van der Waals surface area contributed by atoms with Crippen molar-refractivity contribution >= 4 is 51.9 Å². The number of aliphatic carboxylic acids is 1. The SMILES string of the molecule is C[C@@H](C(=O)O)N1C(=O)/C(=C\c2ccc(N(C)C)cc2)SC1=S. The third-order valence-electron chi connectivity index (χ3n) is 3.28. The van der Waals surface area contributed by atoms with Crippen LogP contribution in [0.15, 0.2) is 29.2 Å². The maximum absolute atomic E-state index is 12.3. The van der Waals surface area contributed by atoms with Crippen molar-refractivity contribution in [3.05, 3.63) is 34.7 Å². The van der Waals surface area contributed by atoms with Gasteiger partial charge in [0.2, 0.25) is 0 Å². The lowest BCUT2D eigenvalue weighted by Gasteiger charge is -2.18. The first-order chi connectivity index (χ1) is 10.3. The highest BCUT2D eigenvalue weighted by atomic mass is 32.2. The number of anilines is 1. The van der Waals surface area contributed by atoms with Gasteiger partial charge in [0.1, 0.15) is 10.4 Å². The first-order valence-corrected chi connectivity index (χ1v) is 7.81. The molecule has 1 N–H and O–H groups in total. The highest BCUT2D eigenvalue weighted by Gasteiger charge is 2.38. The van der Waals surface area contributed by atoms with Gasteiger partial charge in [0, 0.05) is 19.8 Å². The lowest BCUT2D eigenvalue weighted by atomic mass is 10.2. The highest BCUT2D eigenvalue weighted by molar-refractivity contribution is 8.26. The normalized spacial score (nSPS) is 18.0. The lowest BCUT2D eigenvalue weighted by molar-refractivity contribution is -0.144. The largest absolute Gasteiger partial charge is 0.480 e. The van der Waals surface area contributed by atoms with Crippen LogP contribution in [0.2, 0.25) is 0 Å². The Morgan fingerprint density at radius 1 is 1.36 bits per heavy atom. The van der Waals surface area contributed by atoms with E-state index in [0.29, 0.717) is 4.91 Å². The molecule has 0 radical (unpaired) electrons. The molecule has 22 heavy (non-hydrogen) atoms. The summed E-state index contributed by atoms with van der Waals surface area (Å²) < 4.78 is 0.274. The molecule has 0 spiro atoms. The predicted molar refractivity (Wildman–Crippen MR) is 92.9 cm³/mol. The minimum absolute atomic E-state index is 0.274. The molecule has 1 aromatic carbocycles. The van der Waals surface area contributed by atoms with Gasteiger partial charge in [0.05, 0.1) is 4.91 Å². The van der Waals surface area contributed by atoms with Crippen molar-refractivity contribution < 1.29 is 14.7 Å². The van der Waals surface area contributed by atoms with E-state index in [9.17, 15) is 9.59 Å². The van der Waals surface area contributed by atoms with Gasteiger partial charge in [-0.1, -0.05) is 36.1 Å². The first-order valence-electron chi connectivity index (χ1n) is 6.58. The van der Waals surface area contributed by atoms with Crippen molar-refractivity contribution in [2.24, 2.45) is 0 Å². The van der Waals surface area contributed by atoms with Gasteiger partial charge in [-0.2, -0.15) is 0 Å². The van der Waals surface area contributed by atoms with E-state index >= 15 is 0 Å². The summed E-state index contributed by atoms with van der Waals surface area (Å²) in [6, 6.07) is 6.75. The number of rotatable bonds is 4. The summed E-state index contributed by atoms with van der Waals surface area (Å²) in [6.45, 7) is 1.45. The van der Waals surface area contributed by atoms with Gasteiger partial charge < -0.3 is 10.0 Å². The van der Waals surface area contributed by atoms with Crippen LogP contribution in [0.1, 0.15) is 12.5 Å². The molecule has 0 saturated carbocycles. The maximum atomic E-state index is 12.3. The van der Waals surface area contributed by atoms with Crippen molar-refractivity contribution in [3.63, 3.8) is 0 Å². The van der Waals surface area contributed by atoms with Gasteiger partial charge >= 0.3 is 5.97 Å². The number of carbonyl (C=O) groups excluding carboxylic acids is 1. The lowest BCUT2D eigenvalue weighted by Crippen LogP contribution is -2.41. The van der Waals surface area contributed by atoms with Crippen LogP contribution in [0.3, 0.4) is 0 Å². The zero-order valence-electron chi connectivity index (χ0n) is 12.4. The Labute approximate surface area is 138 Å². The topological polar surface area (TPSA) is 60.9 Å². The molecule has 116 valence electrons. The van der Waals surface area contributed by atoms with Gasteiger partial charge in [0.15, 0.2) is 0 Å². The third-order valence-corrected chi connectivity index (χ3v) is 4.61. The first kappa shape index (κ1) is 16.5. The van der Waals surface area contributed by atoms with Crippen LogP contribution in [0.25, 0.3) is 6.08 Å². The number of carboxylic acids is 1. The summed E-state index contributed by atoms with van der Waals surface area (Å²) in [5.41, 5.74) is 1.93. The fourth-order valence-electron chi connectivity index (χ4n) is 1.94. The van der Waals surface area contributed by atoms with E-state index in [1.54, 1.807) is 6.08 Å². The second-order valence-electron chi connectivity index (χ2n) is 5.05. The van der Waals surface area contributed by atoms with E-state index in [2.05, 4.69) is 0 Å². The van der Waals surface area contributed by atoms with E-state index in [4.69, 9.17) is 17.3 Å². The van der Waals surface area contributed by atoms with Gasteiger partial charge in [-0.05, 0) is 30.7 Å². The molecule has 1 amide bonds. The van der Waals surface area contributed by atoms with Gasteiger partial charge in [-0.15, -0.1) is 0 Å². The number of carboxylic acid groups (broad SMARTS) is 1. The number of amides is 1. The zero-order chi connectivity index (χ0) is 16.4. The molecule has 0 bridgehead atoms. The summed E-state index contributed by atoms with van der Waals surface area (Å²) in [5, 5.41) is 9.05. The predicted octanol–water partition coefficient (Wildman–Crippen LogP) is 2.43. The van der Waals surface area contributed by atoms with Gasteiger partial charge in [-0.3, -0.25) is 9.69 Å². The average molecular weight is 336 g/mol. The quantitative estimate of drug-likeness (QED) is 0.673. The van der Waals surface area contributed by atoms with Gasteiger partial charge in [0.25, 0.3) is 5.91 Å². The molecule has 1 aliphatic rings. The van der Waals surface area contributed by atoms with Crippen molar-refractivity contribution in [1.29, 1.82) is 0 Å². The number of benzene rings is 1. The molecule has 5 nitrogen and oxygen atoms in total. The summed E-state index contributed by atoms with van der Waals surface area (Å²) >= 11 is 6.25. The molecule has 1 atom stereocenters. The molecule has 1 fully saturated rings. The Morgan fingerprint density at radius 3 is 2.45 bits per heavy atom. The van der Waals surface area contributed by atoms with Crippen LogP contribution in [0.4, 0.5) is 5.69 Å². The fraction of sp³-hybridized carbons (Fsp3) is 0.267. The smallest absolute Gasteiger partial charge is 0.326 e. The molecule has 0 aromatic heterocycles. The number of hydrogen-bond acceptors (Lipinski definition) is 5. The Balaban J connectivity index is 2.24. The standard InChI is InChI=1S/C15H16N2O3S2/c1-9(14(19)20)17-13(18)12(22-15(17)21)8-10-4-6-11(7-5-10)16(2)3/h4-9H,1-3H3,(H,19,20)/b12-8+/t9-/m0/s1. The van der Waals surface area contributed by atoms with Crippen molar-refractivity contribution in [2.75, 3.05) is 19.0 Å². The number of carbonyl (C=O) groups is 2. The van der Waals surface area contributed by atoms with Crippen molar-refractivity contribution in [2.45, 2.75) is 13.0 Å². The van der Waals surface area contributed by atoms with Crippen LogP contribution >= 0.6 is 24.0 Å². The molecule has 7 heteroatoms. The van der Waals surface area contributed by atoms with E-state index in [-0.39, 0.29) is 10.2 Å². The highest BCUT2D eigenvalue weighted by Crippen LogP contribution is 2.34. The summed E-state index contributed by atoms with van der Waals surface area (Å²) in [5.74, 6) is -1.44. The minimum Gasteiger partial charge on any atom is -0.480 e. The molecular formula is C15H16N2O3S2. The molecule has 0 unspecified atom stereocenters. The van der Waals surface area contributed by atoms with Crippen molar-refractivity contribution in [3.8, 4) is 0 Å². The molecule has 2 rings (SSSR count). The Hall–Kier alpha value is -1.86. The van der Waals surface area contributed by atoms with Crippen LogP contribution in [0, 0.1) is 0 Å². The molecular weight excluding hydrogens is 320 g/mol. The van der Waals surface area contributed by atoms with E-state index in [0.717, 1.165) is 27.9 Å². The van der Waals surface area contributed by atoms with Crippen LogP contribution < -0.4 is 4.90 Å². The van der Waals surface area contributed by atoms with Crippen LogP contribution in [-0.4, -0.2) is 46.3 Å². The van der Waals surface area contributed by atoms with Crippen LogP contribution in [-0.2, 0) is 9.59 Å². The second kappa shape index (κ2) is 6.50. The second-order valence-corrected chi connectivity index (χ2v) is 6.73. The number of thiocarbonyl (C=S) groups is 1. The third kappa shape index (κ3) is 3.31. The van der Waals surface area contributed by atoms with Crippen molar-refractivity contribution in [1.82, 2.24) is 4.90 Å². The molecule has 1 aromatic rings. The summed E-state index contributed by atoms with van der Waals surface area (Å²) in [4.78, 5) is 26.9. The zero-order valence-corrected chi connectivity index (χ0v) is 14.1. The van der Waals surface area contributed by atoms with Crippen LogP contribution in [0.5, 0.6) is 0 Å². The van der Waals surface area contributed by atoms with Gasteiger partial charge in [-0.25, -0.2) is 4.79 Å². The molecule has 1 heterocycles. The number of nitrogens with zero attached hydrogens (tertiary/aromatic N) is 2.